The molecule has 3 aromatic carbocycles. The van der Waals surface area contributed by atoms with Gasteiger partial charge >= 0.3 is 12.2 Å². The van der Waals surface area contributed by atoms with Gasteiger partial charge in [0.1, 0.15) is 0 Å². The fourth-order valence-electron chi connectivity index (χ4n) is 3.59. The zero-order valence-electron chi connectivity index (χ0n) is 20.2. The van der Waals surface area contributed by atoms with Crippen LogP contribution >= 0.6 is 0 Å². The number of rotatable bonds is 5. The van der Waals surface area contributed by atoms with Gasteiger partial charge < -0.3 is 10.1 Å². The van der Waals surface area contributed by atoms with Crippen LogP contribution in [0.3, 0.4) is 0 Å². The molecule has 0 aliphatic carbocycles. The summed E-state index contributed by atoms with van der Waals surface area (Å²) in [6.07, 6.45) is -4.49. The second-order valence-electron chi connectivity index (χ2n) is 9.24. The molecular weight excluding hydrogens is 469 g/mol. The third kappa shape index (κ3) is 5.40. The van der Waals surface area contributed by atoms with E-state index in [1.807, 2.05) is 12.1 Å². The summed E-state index contributed by atoms with van der Waals surface area (Å²) in [7, 11) is 1.38. The van der Waals surface area contributed by atoms with E-state index in [1.54, 1.807) is 36.4 Å². The van der Waals surface area contributed by atoms with Crippen LogP contribution in [0.2, 0.25) is 0 Å². The highest BCUT2D eigenvalue weighted by Crippen LogP contribution is 2.33. The molecule has 0 saturated carbocycles. The molecule has 9 heteroatoms. The van der Waals surface area contributed by atoms with Gasteiger partial charge in [0.2, 0.25) is 0 Å². The summed E-state index contributed by atoms with van der Waals surface area (Å²) in [6.45, 7) is 6.31. The predicted octanol–water partition coefficient (Wildman–Crippen LogP) is 6.51. The van der Waals surface area contributed by atoms with Crippen molar-refractivity contribution in [3.05, 3.63) is 89.5 Å². The van der Waals surface area contributed by atoms with Gasteiger partial charge in [0.25, 0.3) is 5.91 Å². The van der Waals surface area contributed by atoms with Gasteiger partial charge in [-0.25, -0.2) is 4.68 Å². The van der Waals surface area contributed by atoms with E-state index in [0.29, 0.717) is 16.9 Å². The molecule has 1 amide bonds. The molecule has 0 saturated heterocycles. The number of carbonyl (C=O) groups excluding carboxylic acids is 1. The van der Waals surface area contributed by atoms with Crippen molar-refractivity contribution in [2.45, 2.75) is 32.4 Å². The van der Waals surface area contributed by atoms with Gasteiger partial charge in [-0.1, -0.05) is 45.0 Å². The number of carbonyl (C=O) groups is 1. The van der Waals surface area contributed by atoms with Crippen molar-refractivity contribution in [2.75, 3.05) is 12.4 Å². The molecule has 0 aliphatic heterocycles. The van der Waals surface area contributed by atoms with Gasteiger partial charge in [0, 0.05) is 16.8 Å². The molecule has 36 heavy (non-hydrogen) atoms. The molecule has 0 fully saturated rings. The Morgan fingerprint density at radius 1 is 0.917 bits per heavy atom. The zero-order chi connectivity index (χ0) is 26.1. The Hall–Kier alpha value is -4.14. The molecule has 0 bridgehead atoms. The van der Waals surface area contributed by atoms with Gasteiger partial charge in [0.05, 0.1) is 18.4 Å². The maximum absolute atomic E-state index is 13.2. The Bertz CT molecular complexity index is 1370. The highest BCUT2D eigenvalue weighted by molar-refractivity contribution is 6.04. The molecule has 0 spiro atoms. The number of alkyl halides is 3. The summed E-state index contributed by atoms with van der Waals surface area (Å²) in [5, 5.41) is 7.10. The number of aromatic nitrogens is 3. The summed E-state index contributed by atoms with van der Waals surface area (Å²) in [5.74, 6) is -0.0658. The minimum atomic E-state index is -4.49. The number of ether oxygens (including phenoxy) is 1. The lowest BCUT2D eigenvalue weighted by Gasteiger charge is -2.19. The van der Waals surface area contributed by atoms with Gasteiger partial charge in [0.15, 0.2) is 5.82 Å². The van der Waals surface area contributed by atoms with Gasteiger partial charge in [-0.05, 0) is 59.5 Å². The van der Waals surface area contributed by atoms with Gasteiger partial charge in [-0.3, -0.25) is 4.79 Å². The van der Waals surface area contributed by atoms with Crippen LogP contribution in [0, 0.1) is 0 Å². The number of halogens is 3. The Kier molecular flexibility index (Phi) is 6.58. The molecule has 1 N–H and O–H groups in total. The monoisotopic (exact) mass is 494 g/mol. The highest BCUT2D eigenvalue weighted by atomic mass is 19.4. The zero-order valence-corrected chi connectivity index (χ0v) is 20.2. The van der Waals surface area contributed by atoms with E-state index in [0.717, 1.165) is 17.7 Å². The quantitative estimate of drug-likeness (QED) is 0.343. The largest absolute Gasteiger partial charge is 0.466 e. The number of benzene rings is 3. The SMILES string of the molecule is COc1nc(-c2cccc(C(F)(F)F)c2)n(-c2ccc(NC(=O)c3ccc(C(C)(C)C)cc3)cc2)n1. The Labute approximate surface area is 206 Å². The van der Waals surface area contributed by atoms with Crippen molar-refractivity contribution in [1.82, 2.24) is 14.8 Å². The molecule has 0 atom stereocenters. The summed E-state index contributed by atoms with van der Waals surface area (Å²) in [6, 6.07) is 19.0. The molecule has 0 aliphatic rings. The Morgan fingerprint density at radius 2 is 1.58 bits per heavy atom. The molecule has 0 unspecified atom stereocenters. The highest BCUT2D eigenvalue weighted by Gasteiger charge is 2.31. The number of nitrogens with one attached hydrogen (secondary N) is 1. The number of anilines is 1. The fourth-order valence-corrected chi connectivity index (χ4v) is 3.59. The van der Waals surface area contributed by atoms with Crippen LogP contribution in [0.1, 0.15) is 42.3 Å². The first-order valence-corrected chi connectivity index (χ1v) is 11.2. The smallest absolute Gasteiger partial charge is 0.416 e. The second-order valence-corrected chi connectivity index (χ2v) is 9.24. The topological polar surface area (TPSA) is 69.0 Å². The summed E-state index contributed by atoms with van der Waals surface area (Å²) < 4.78 is 46.2. The number of nitrogens with zero attached hydrogens (tertiary/aromatic N) is 3. The van der Waals surface area contributed by atoms with Gasteiger partial charge in [-0.2, -0.15) is 18.2 Å². The molecule has 1 aromatic heterocycles. The lowest BCUT2D eigenvalue weighted by molar-refractivity contribution is -0.137. The number of hydrogen-bond acceptors (Lipinski definition) is 4. The number of methoxy groups -OCH3 is 1. The lowest BCUT2D eigenvalue weighted by Crippen LogP contribution is -2.14. The maximum atomic E-state index is 13.2. The molecule has 0 radical (unpaired) electrons. The first kappa shape index (κ1) is 25.0. The van der Waals surface area contributed by atoms with Crippen molar-refractivity contribution in [2.24, 2.45) is 0 Å². The van der Waals surface area contributed by atoms with Crippen LogP contribution < -0.4 is 10.1 Å². The van der Waals surface area contributed by atoms with Gasteiger partial charge in [-0.15, -0.1) is 5.10 Å². The number of amides is 1. The standard InChI is InChI=1S/C27H25F3N4O2/c1-26(2,3)19-10-8-17(9-11-19)24(35)31-21-12-14-22(15-13-21)34-23(32-25(33-34)36-4)18-6-5-7-20(16-18)27(28,29)30/h5-16H,1-4H3,(H,31,35). The van der Waals surface area contributed by atoms with E-state index in [9.17, 15) is 18.0 Å². The summed E-state index contributed by atoms with van der Waals surface area (Å²) in [4.78, 5) is 16.9. The van der Waals surface area contributed by atoms with E-state index < -0.39 is 11.7 Å². The summed E-state index contributed by atoms with van der Waals surface area (Å²) in [5.41, 5.74) is 2.17. The van der Waals surface area contributed by atoms with Crippen LogP contribution in [-0.4, -0.2) is 27.8 Å². The van der Waals surface area contributed by atoms with Crippen LogP contribution in [0.25, 0.3) is 17.1 Å². The second kappa shape index (κ2) is 9.49. The van der Waals surface area contributed by atoms with Crippen LogP contribution in [0.5, 0.6) is 6.01 Å². The molecule has 6 nitrogen and oxygen atoms in total. The van der Waals surface area contributed by atoms with Crippen LogP contribution in [0.4, 0.5) is 18.9 Å². The molecule has 4 aromatic rings. The molecule has 186 valence electrons. The van der Waals surface area contributed by atoms with Crippen molar-refractivity contribution in [3.63, 3.8) is 0 Å². The third-order valence-electron chi connectivity index (χ3n) is 5.60. The Balaban J connectivity index is 1.58. The minimum absolute atomic E-state index is 0.0121. The normalized spacial score (nSPS) is 11.9. The summed E-state index contributed by atoms with van der Waals surface area (Å²) >= 11 is 0. The van der Waals surface area contributed by atoms with Crippen molar-refractivity contribution in [1.29, 1.82) is 0 Å². The average Bonchev–Trinajstić information content (AvgIpc) is 3.28. The van der Waals surface area contributed by atoms with Crippen LogP contribution in [0.15, 0.2) is 72.8 Å². The van der Waals surface area contributed by atoms with E-state index in [2.05, 4.69) is 36.2 Å². The van der Waals surface area contributed by atoms with Crippen LogP contribution in [-0.2, 0) is 11.6 Å². The lowest BCUT2D eigenvalue weighted by atomic mass is 9.87. The predicted molar refractivity (Wildman–Crippen MR) is 131 cm³/mol. The van der Waals surface area contributed by atoms with E-state index in [4.69, 9.17) is 4.74 Å². The Morgan fingerprint density at radius 3 is 2.17 bits per heavy atom. The average molecular weight is 495 g/mol. The van der Waals surface area contributed by atoms with Crippen molar-refractivity contribution in [3.8, 4) is 23.1 Å². The van der Waals surface area contributed by atoms with Crippen molar-refractivity contribution >= 4 is 11.6 Å². The molecule has 4 rings (SSSR count). The van der Waals surface area contributed by atoms with E-state index in [-0.39, 0.29) is 28.7 Å². The number of hydrogen-bond donors (Lipinski definition) is 1. The third-order valence-corrected chi connectivity index (χ3v) is 5.60. The minimum Gasteiger partial charge on any atom is -0.466 e. The van der Waals surface area contributed by atoms with E-state index in [1.165, 1.54) is 23.9 Å². The molecular formula is C27H25F3N4O2. The van der Waals surface area contributed by atoms with E-state index >= 15 is 0 Å². The maximum Gasteiger partial charge on any atom is 0.416 e. The first-order valence-electron chi connectivity index (χ1n) is 11.2. The van der Waals surface area contributed by atoms with Crippen molar-refractivity contribution < 1.29 is 22.7 Å². The fraction of sp³-hybridized carbons (Fsp3) is 0.222. The first-order chi connectivity index (χ1) is 17.0. The molecule has 1 heterocycles.